The smallest absolute Gasteiger partial charge is 0.331 e. The lowest BCUT2D eigenvalue weighted by Crippen LogP contribution is -2.27. The number of amides is 1. The van der Waals surface area contributed by atoms with Crippen molar-refractivity contribution in [2.45, 2.75) is 26.9 Å². The van der Waals surface area contributed by atoms with Crippen molar-refractivity contribution < 1.29 is 14.3 Å². The van der Waals surface area contributed by atoms with Crippen molar-refractivity contribution in [2.24, 2.45) is 0 Å². The third-order valence-corrected chi connectivity index (χ3v) is 5.61. The lowest BCUT2D eigenvalue weighted by atomic mass is 10.1. The van der Waals surface area contributed by atoms with Crippen LogP contribution in [0.3, 0.4) is 0 Å². The van der Waals surface area contributed by atoms with E-state index in [1.807, 2.05) is 55.6 Å². The highest BCUT2D eigenvalue weighted by Gasteiger charge is 2.12. The largest absolute Gasteiger partial charge is 0.452 e. The van der Waals surface area contributed by atoms with Gasteiger partial charge < -0.3 is 10.1 Å². The summed E-state index contributed by atoms with van der Waals surface area (Å²) < 4.78 is 6.67. The highest BCUT2D eigenvalue weighted by Crippen LogP contribution is 2.22. The fourth-order valence-corrected chi connectivity index (χ4v) is 3.66. The van der Waals surface area contributed by atoms with E-state index in [1.54, 1.807) is 22.1 Å². The summed E-state index contributed by atoms with van der Waals surface area (Å²) in [6.45, 7) is 4.46. The molecule has 0 fully saturated rings. The van der Waals surface area contributed by atoms with Gasteiger partial charge in [-0.3, -0.25) is 4.79 Å². The summed E-state index contributed by atoms with van der Waals surface area (Å²) in [6.07, 6.45) is 2.81. The summed E-state index contributed by atoms with van der Waals surface area (Å²) in [5.74, 6) is -0.978. The van der Waals surface area contributed by atoms with Crippen LogP contribution >= 0.6 is 22.9 Å². The SMILES string of the molecule is Cc1ccc(Cn2nc(C)c(/C=C/C(=O)OCC(=O)NCc3cccs3)c2Cl)cc1. The number of thiophene rings is 1. The molecule has 0 unspecified atom stereocenters. The van der Waals surface area contributed by atoms with Crippen LogP contribution in [0.2, 0.25) is 5.15 Å². The molecule has 3 aromatic rings. The number of aromatic nitrogens is 2. The first-order valence-electron chi connectivity index (χ1n) is 9.34. The molecule has 2 heterocycles. The number of nitrogens with zero attached hydrogens (tertiary/aromatic N) is 2. The predicted molar refractivity (Wildman–Crippen MR) is 118 cm³/mol. The van der Waals surface area contributed by atoms with Gasteiger partial charge in [-0.1, -0.05) is 47.5 Å². The van der Waals surface area contributed by atoms with Crippen LogP contribution < -0.4 is 5.32 Å². The predicted octanol–water partition coefficient (Wildman–Crippen LogP) is 4.14. The second-order valence-corrected chi connectivity index (χ2v) is 8.12. The van der Waals surface area contributed by atoms with Gasteiger partial charge in [-0.2, -0.15) is 5.10 Å². The molecular weight excluding hydrogens is 422 g/mol. The molecule has 1 N–H and O–H groups in total. The molecule has 8 heteroatoms. The van der Waals surface area contributed by atoms with Crippen LogP contribution in [0.5, 0.6) is 0 Å². The molecule has 0 radical (unpaired) electrons. The molecule has 156 valence electrons. The maximum absolute atomic E-state index is 11.9. The Labute approximate surface area is 184 Å². The first kappa shape index (κ1) is 21.8. The van der Waals surface area contributed by atoms with Crippen molar-refractivity contribution in [1.82, 2.24) is 15.1 Å². The van der Waals surface area contributed by atoms with E-state index in [0.717, 1.165) is 10.4 Å². The molecule has 0 bridgehead atoms. The third-order valence-electron chi connectivity index (χ3n) is 4.33. The maximum atomic E-state index is 11.9. The second-order valence-electron chi connectivity index (χ2n) is 6.73. The number of nitrogens with one attached hydrogen (secondary N) is 1. The van der Waals surface area contributed by atoms with Crippen molar-refractivity contribution in [3.8, 4) is 0 Å². The number of carbonyl (C=O) groups excluding carboxylic acids is 2. The minimum absolute atomic E-state index is 0.339. The van der Waals surface area contributed by atoms with Crippen molar-refractivity contribution in [3.05, 3.63) is 80.3 Å². The Hall–Kier alpha value is -2.90. The minimum Gasteiger partial charge on any atom is -0.452 e. The molecule has 6 nitrogen and oxygen atoms in total. The molecule has 0 saturated carbocycles. The Balaban J connectivity index is 1.53. The lowest BCUT2D eigenvalue weighted by molar-refractivity contribution is -0.143. The first-order chi connectivity index (χ1) is 14.4. The Morgan fingerprint density at radius 3 is 2.70 bits per heavy atom. The molecule has 2 aromatic heterocycles. The molecule has 1 amide bonds. The van der Waals surface area contributed by atoms with Gasteiger partial charge in [-0.05, 0) is 36.9 Å². The standard InChI is InChI=1S/C22H22ClN3O3S/c1-15-5-7-17(8-6-15)13-26-22(23)19(16(2)25-26)9-10-21(28)29-14-20(27)24-12-18-4-3-11-30-18/h3-11H,12-14H2,1-2H3,(H,24,27)/b10-9+. The Morgan fingerprint density at radius 2 is 2.00 bits per heavy atom. The molecule has 0 aliphatic carbocycles. The average molecular weight is 444 g/mol. The van der Waals surface area contributed by atoms with E-state index < -0.39 is 5.97 Å². The van der Waals surface area contributed by atoms with Crippen molar-refractivity contribution in [1.29, 1.82) is 0 Å². The van der Waals surface area contributed by atoms with Gasteiger partial charge in [0.1, 0.15) is 5.15 Å². The Bertz CT molecular complexity index is 1040. The van der Waals surface area contributed by atoms with Gasteiger partial charge in [0.25, 0.3) is 5.91 Å². The van der Waals surface area contributed by atoms with E-state index >= 15 is 0 Å². The zero-order valence-corrected chi connectivity index (χ0v) is 18.3. The molecule has 0 spiro atoms. The molecule has 0 aliphatic rings. The summed E-state index contributed by atoms with van der Waals surface area (Å²) in [6, 6.07) is 12.0. The number of benzene rings is 1. The highest BCUT2D eigenvalue weighted by molar-refractivity contribution is 7.09. The van der Waals surface area contributed by atoms with Gasteiger partial charge in [-0.25, -0.2) is 9.48 Å². The Kier molecular flexibility index (Phi) is 7.43. The van der Waals surface area contributed by atoms with Crippen LogP contribution in [-0.2, 0) is 27.4 Å². The van der Waals surface area contributed by atoms with Gasteiger partial charge in [0.2, 0.25) is 0 Å². The van der Waals surface area contributed by atoms with Gasteiger partial charge >= 0.3 is 5.97 Å². The summed E-state index contributed by atoms with van der Waals surface area (Å²) in [5.41, 5.74) is 3.60. The van der Waals surface area contributed by atoms with E-state index in [9.17, 15) is 9.59 Å². The number of carbonyl (C=O) groups is 2. The van der Waals surface area contributed by atoms with Crippen molar-refractivity contribution >= 4 is 40.9 Å². The fraction of sp³-hybridized carbons (Fsp3) is 0.227. The van der Waals surface area contributed by atoms with Crippen LogP contribution in [0.15, 0.2) is 47.9 Å². The molecular formula is C22H22ClN3O3S. The van der Waals surface area contributed by atoms with E-state index in [-0.39, 0.29) is 12.5 Å². The number of halogens is 1. The summed E-state index contributed by atoms with van der Waals surface area (Å²) in [5, 5.41) is 9.51. The monoisotopic (exact) mass is 443 g/mol. The quantitative estimate of drug-likeness (QED) is 0.419. The van der Waals surface area contributed by atoms with Crippen LogP contribution in [0.4, 0.5) is 0 Å². The van der Waals surface area contributed by atoms with Crippen LogP contribution in [-0.4, -0.2) is 28.3 Å². The van der Waals surface area contributed by atoms with Gasteiger partial charge in [0.15, 0.2) is 6.61 Å². The summed E-state index contributed by atoms with van der Waals surface area (Å²) in [7, 11) is 0. The lowest BCUT2D eigenvalue weighted by Gasteiger charge is -2.04. The van der Waals surface area contributed by atoms with E-state index in [4.69, 9.17) is 16.3 Å². The number of aryl methyl sites for hydroxylation is 2. The minimum atomic E-state index is -0.622. The number of hydrogen-bond acceptors (Lipinski definition) is 5. The normalized spacial score (nSPS) is 11.0. The molecule has 3 rings (SSSR count). The number of esters is 1. The third kappa shape index (κ3) is 6.05. The number of ether oxygens (including phenoxy) is 1. The summed E-state index contributed by atoms with van der Waals surface area (Å²) in [4.78, 5) is 24.8. The molecule has 0 saturated heterocycles. The second kappa shape index (κ2) is 10.2. The van der Waals surface area contributed by atoms with Crippen LogP contribution in [0.1, 0.15) is 27.3 Å². The van der Waals surface area contributed by atoms with E-state index in [0.29, 0.717) is 29.5 Å². The molecule has 30 heavy (non-hydrogen) atoms. The zero-order chi connectivity index (χ0) is 21.5. The first-order valence-corrected chi connectivity index (χ1v) is 10.6. The number of hydrogen-bond donors (Lipinski definition) is 1. The van der Waals surface area contributed by atoms with Gasteiger partial charge in [0.05, 0.1) is 18.8 Å². The average Bonchev–Trinajstić information content (AvgIpc) is 3.33. The van der Waals surface area contributed by atoms with Gasteiger partial charge in [0, 0.05) is 16.5 Å². The molecule has 0 atom stereocenters. The fourth-order valence-electron chi connectivity index (χ4n) is 2.71. The zero-order valence-electron chi connectivity index (χ0n) is 16.7. The van der Waals surface area contributed by atoms with Gasteiger partial charge in [-0.15, -0.1) is 11.3 Å². The van der Waals surface area contributed by atoms with Crippen LogP contribution in [0, 0.1) is 13.8 Å². The van der Waals surface area contributed by atoms with E-state index in [1.165, 1.54) is 11.6 Å². The van der Waals surface area contributed by atoms with Crippen LogP contribution in [0.25, 0.3) is 6.08 Å². The number of rotatable bonds is 8. The molecule has 1 aromatic carbocycles. The van der Waals surface area contributed by atoms with Crippen molar-refractivity contribution in [2.75, 3.05) is 6.61 Å². The van der Waals surface area contributed by atoms with E-state index in [2.05, 4.69) is 10.4 Å². The highest BCUT2D eigenvalue weighted by atomic mass is 35.5. The summed E-state index contributed by atoms with van der Waals surface area (Å²) >= 11 is 7.99. The topological polar surface area (TPSA) is 73.2 Å². The van der Waals surface area contributed by atoms with Crippen molar-refractivity contribution in [3.63, 3.8) is 0 Å². The maximum Gasteiger partial charge on any atom is 0.331 e. The molecule has 0 aliphatic heterocycles. The Morgan fingerprint density at radius 1 is 1.23 bits per heavy atom.